The van der Waals surface area contributed by atoms with E-state index in [1.807, 2.05) is 30.3 Å². The van der Waals surface area contributed by atoms with E-state index in [1.165, 1.54) is 0 Å². The molecular weight excluding hydrogens is 454 g/mol. The molecule has 10 nitrogen and oxygen atoms in total. The van der Waals surface area contributed by atoms with Gasteiger partial charge in [0, 0.05) is 22.9 Å². The van der Waals surface area contributed by atoms with Crippen molar-refractivity contribution in [1.29, 1.82) is 0 Å². The van der Waals surface area contributed by atoms with Gasteiger partial charge in [-0.25, -0.2) is 9.78 Å². The molecule has 0 spiro atoms. The van der Waals surface area contributed by atoms with Gasteiger partial charge < -0.3 is 24.9 Å². The zero-order chi connectivity index (χ0) is 24.9. The number of cyclic esters (lactones) is 1. The van der Waals surface area contributed by atoms with E-state index in [1.54, 1.807) is 17.6 Å². The highest BCUT2D eigenvalue weighted by Crippen LogP contribution is 2.41. The second kappa shape index (κ2) is 8.31. The Hall–Kier alpha value is -4.05. The highest BCUT2D eigenvalue weighted by molar-refractivity contribution is 5.88. The number of fused-ring (bicyclic) bond motifs is 5. The number of carbonyl (C=O) groups is 3. The van der Waals surface area contributed by atoms with Crippen molar-refractivity contribution in [2.75, 3.05) is 0 Å². The van der Waals surface area contributed by atoms with Crippen LogP contribution in [0.3, 0.4) is 0 Å². The number of aliphatic carboxylic acids is 1. The molecule has 0 aliphatic carbocycles. The maximum atomic E-state index is 13.5. The summed E-state index contributed by atoms with van der Waals surface area (Å²) >= 11 is 0. The molecule has 0 radical (unpaired) electrons. The minimum Gasteiger partial charge on any atom is -0.480 e. The smallest absolute Gasteiger partial charge is 0.355 e. The number of pyridine rings is 2. The first-order valence-electron chi connectivity index (χ1n) is 11.3. The van der Waals surface area contributed by atoms with Crippen LogP contribution in [0.5, 0.6) is 0 Å². The molecule has 1 aromatic carbocycles. The van der Waals surface area contributed by atoms with Gasteiger partial charge in [0.2, 0.25) is 5.60 Å². The lowest BCUT2D eigenvalue weighted by Gasteiger charge is -2.35. The number of benzene rings is 1. The number of carboxylic acid groups (broad SMARTS) is 1. The van der Waals surface area contributed by atoms with Crippen LogP contribution in [0.25, 0.3) is 22.3 Å². The average Bonchev–Trinajstić information content (AvgIpc) is 3.20. The Morgan fingerprint density at radius 3 is 2.80 bits per heavy atom. The van der Waals surface area contributed by atoms with Gasteiger partial charge in [0.1, 0.15) is 12.6 Å². The number of hydrogen-bond donors (Lipinski definition) is 2. The summed E-state index contributed by atoms with van der Waals surface area (Å²) in [6, 6.07) is 10.1. The molecule has 180 valence electrons. The monoisotopic (exact) mass is 477 g/mol. The van der Waals surface area contributed by atoms with Gasteiger partial charge in [-0.15, -0.1) is 0 Å². The molecule has 2 aliphatic rings. The van der Waals surface area contributed by atoms with Gasteiger partial charge in [-0.3, -0.25) is 14.4 Å². The molecular formula is C25H23N3O7. The largest absolute Gasteiger partial charge is 0.480 e. The molecule has 0 bridgehead atoms. The molecule has 5 rings (SSSR count). The summed E-state index contributed by atoms with van der Waals surface area (Å²) in [6.07, 6.45) is -0.443. The summed E-state index contributed by atoms with van der Waals surface area (Å²) in [5.41, 5.74) is 6.63. The van der Waals surface area contributed by atoms with Crippen LogP contribution in [0.15, 0.2) is 41.2 Å². The van der Waals surface area contributed by atoms with Crippen LogP contribution in [0.1, 0.15) is 42.9 Å². The molecule has 0 unspecified atom stereocenters. The topological polar surface area (TPSA) is 151 Å². The summed E-state index contributed by atoms with van der Waals surface area (Å²) in [5.74, 6) is -2.83. The molecule has 0 saturated carbocycles. The van der Waals surface area contributed by atoms with Gasteiger partial charge in [-0.05, 0) is 31.0 Å². The minimum absolute atomic E-state index is 0.0243. The van der Waals surface area contributed by atoms with E-state index < -0.39 is 29.6 Å². The van der Waals surface area contributed by atoms with Gasteiger partial charge in [0.05, 0.1) is 29.0 Å². The third kappa shape index (κ3) is 3.57. The molecule has 3 aromatic rings. The van der Waals surface area contributed by atoms with Crippen molar-refractivity contribution in [3.63, 3.8) is 0 Å². The lowest BCUT2D eigenvalue weighted by atomic mass is 9.85. The zero-order valence-corrected chi connectivity index (χ0v) is 18.9. The lowest BCUT2D eigenvalue weighted by Crippen LogP contribution is -2.47. The Bertz CT molecular complexity index is 1460. The maximum absolute atomic E-state index is 13.5. The van der Waals surface area contributed by atoms with E-state index in [0.717, 1.165) is 16.5 Å². The molecule has 2 atom stereocenters. The van der Waals surface area contributed by atoms with Crippen LogP contribution in [0, 0.1) is 0 Å². The predicted molar refractivity (Wildman–Crippen MR) is 123 cm³/mol. The average molecular weight is 477 g/mol. The molecule has 10 heteroatoms. The van der Waals surface area contributed by atoms with E-state index in [4.69, 9.17) is 25.3 Å². The fourth-order valence-corrected chi connectivity index (χ4v) is 4.72. The zero-order valence-electron chi connectivity index (χ0n) is 18.9. The molecule has 0 fully saturated rings. The number of carbonyl (C=O) groups excluding carboxylic acids is 2. The Morgan fingerprint density at radius 1 is 1.29 bits per heavy atom. The van der Waals surface area contributed by atoms with Crippen molar-refractivity contribution in [1.82, 2.24) is 9.55 Å². The van der Waals surface area contributed by atoms with E-state index >= 15 is 0 Å². The fraction of sp³-hybridized carbons (Fsp3) is 0.320. The van der Waals surface area contributed by atoms with Crippen molar-refractivity contribution in [3.8, 4) is 11.4 Å². The van der Waals surface area contributed by atoms with Crippen LogP contribution in [-0.2, 0) is 42.6 Å². The highest BCUT2D eigenvalue weighted by atomic mass is 16.6. The third-order valence-corrected chi connectivity index (χ3v) is 6.65. The van der Waals surface area contributed by atoms with E-state index in [-0.39, 0.29) is 42.6 Å². The van der Waals surface area contributed by atoms with Gasteiger partial charge in [-0.1, -0.05) is 25.1 Å². The van der Waals surface area contributed by atoms with Crippen LogP contribution in [-0.4, -0.2) is 38.6 Å². The summed E-state index contributed by atoms with van der Waals surface area (Å²) in [7, 11) is 0. The number of carboxylic acids is 1. The summed E-state index contributed by atoms with van der Waals surface area (Å²) < 4.78 is 12.5. The summed E-state index contributed by atoms with van der Waals surface area (Å²) in [5, 5.41) is 9.91. The molecule has 2 aromatic heterocycles. The fourth-order valence-electron chi connectivity index (χ4n) is 4.72. The van der Waals surface area contributed by atoms with Crippen LogP contribution in [0.2, 0.25) is 0 Å². The molecule has 0 saturated heterocycles. The molecule has 0 amide bonds. The molecule has 4 heterocycles. The number of rotatable bonds is 6. The number of nitrogens with two attached hydrogens (primary N) is 1. The second-order valence-corrected chi connectivity index (χ2v) is 8.72. The number of aromatic nitrogens is 2. The standard InChI is InChI=1S/C25H23N3O7/c1-2-25(35-20(29)8-7-17(26)23(31)32)16-10-19-21-14(9-13-5-3-4-6-18(13)27-21)11-28(19)22(30)15(16)12-34-24(25)33/h3-6,9-10,17H,2,7-8,11-12,26H2,1H3,(H,31,32)/t17-,25-/m0/s1. The van der Waals surface area contributed by atoms with Gasteiger partial charge in [-0.2, -0.15) is 0 Å². The maximum Gasteiger partial charge on any atom is 0.355 e. The van der Waals surface area contributed by atoms with Gasteiger partial charge >= 0.3 is 17.9 Å². The van der Waals surface area contributed by atoms with Crippen LogP contribution in [0.4, 0.5) is 0 Å². The van der Waals surface area contributed by atoms with Crippen LogP contribution < -0.4 is 11.3 Å². The van der Waals surface area contributed by atoms with Crippen LogP contribution >= 0.6 is 0 Å². The van der Waals surface area contributed by atoms with Crippen molar-refractivity contribution in [2.45, 2.75) is 51.0 Å². The SMILES string of the molecule is CC[C@@]1(OC(=O)CC[C@H](N)C(=O)O)C(=O)OCc2c1cc1n(c2=O)Cc2cc3ccccc3nc2-1. The highest BCUT2D eigenvalue weighted by Gasteiger charge is 2.50. The number of hydrogen-bond acceptors (Lipinski definition) is 8. The third-order valence-electron chi connectivity index (χ3n) is 6.65. The number of esters is 2. The van der Waals surface area contributed by atoms with Crippen molar-refractivity contribution in [2.24, 2.45) is 5.73 Å². The Morgan fingerprint density at radius 2 is 2.06 bits per heavy atom. The number of nitrogens with zero attached hydrogens (tertiary/aromatic N) is 2. The number of ether oxygens (including phenoxy) is 2. The molecule has 35 heavy (non-hydrogen) atoms. The summed E-state index contributed by atoms with van der Waals surface area (Å²) in [6.45, 7) is 1.74. The van der Waals surface area contributed by atoms with Crippen molar-refractivity contribution < 1.29 is 29.0 Å². The molecule has 2 aliphatic heterocycles. The Balaban J connectivity index is 1.59. The quantitative estimate of drug-likeness (QED) is 0.396. The molecule has 3 N–H and O–H groups in total. The number of para-hydroxylation sites is 1. The predicted octanol–water partition coefficient (Wildman–Crippen LogP) is 1.82. The lowest BCUT2D eigenvalue weighted by molar-refractivity contribution is -0.189. The van der Waals surface area contributed by atoms with Gasteiger partial charge in [0.25, 0.3) is 5.56 Å². The van der Waals surface area contributed by atoms with E-state index in [9.17, 15) is 19.2 Å². The van der Waals surface area contributed by atoms with E-state index in [0.29, 0.717) is 17.9 Å². The van der Waals surface area contributed by atoms with Crippen molar-refractivity contribution in [3.05, 3.63) is 63.4 Å². The van der Waals surface area contributed by atoms with Crippen molar-refractivity contribution >= 4 is 28.8 Å². The first-order chi connectivity index (χ1) is 16.7. The Kier molecular flexibility index (Phi) is 5.40. The van der Waals surface area contributed by atoms with E-state index in [2.05, 4.69) is 0 Å². The minimum atomic E-state index is -1.83. The van der Waals surface area contributed by atoms with Gasteiger partial charge in [0.15, 0.2) is 0 Å². The second-order valence-electron chi connectivity index (χ2n) is 8.72. The Labute approximate surface area is 199 Å². The first-order valence-corrected chi connectivity index (χ1v) is 11.3. The normalized spacial score (nSPS) is 18.9. The first kappa shape index (κ1) is 22.7. The summed E-state index contributed by atoms with van der Waals surface area (Å²) in [4.78, 5) is 54.8.